The molecule has 2 saturated carbocycles. The average molecular weight is 257 g/mol. The Labute approximate surface area is 110 Å². The molecule has 17 heavy (non-hydrogen) atoms. The molecule has 0 heterocycles. The number of ether oxygens (including phenoxy) is 1. The van der Waals surface area contributed by atoms with E-state index in [1.54, 1.807) is 0 Å². The van der Waals surface area contributed by atoms with E-state index in [1.165, 1.54) is 50.7 Å². The number of rotatable bonds is 5. The van der Waals surface area contributed by atoms with Crippen LogP contribution in [0.3, 0.4) is 0 Å². The topological polar surface area (TPSA) is 21.3 Å². The minimum atomic E-state index is 0.528. The number of nitrogens with one attached hydrogen (secondary N) is 1. The van der Waals surface area contributed by atoms with Gasteiger partial charge in [-0.15, -0.1) is 0 Å². The summed E-state index contributed by atoms with van der Waals surface area (Å²) < 4.78 is 5.43. The maximum absolute atomic E-state index is 5.43. The molecule has 2 rings (SSSR count). The maximum Gasteiger partial charge on any atom is 0.0572 e. The van der Waals surface area contributed by atoms with Crippen molar-refractivity contribution in [3.63, 3.8) is 0 Å². The van der Waals surface area contributed by atoms with Crippen molar-refractivity contribution in [1.82, 2.24) is 5.32 Å². The molecule has 3 heteroatoms. The third kappa shape index (κ3) is 4.15. The first-order valence-corrected chi connectivity index (χ1v) is 8.27. The zero-order chi connectivity index (χ0) is 12.1. The Bertz CT molecular complexity index is 216. The van der Waals surface area contributed by atoms with Crippen molar-refractivity contribution in [2.24, 2.45) is 0 Å². The lowest BCUT2D eigenvalue weighted by atomic mass is 9.92. The van der Waals surface area contributed by atoms with Gasteiger partial charge in [-0.3, -0.25) is 0 Å². The lowest BCUT2D eigenvalue weighted by Crippen LogP contribution is -2.40. The van der Waals surface area contributed by atoms with Crippen LogP contribution in [0.1, 0.15) is 51.9 Å². The fourth-order valence-electron chi connectivity index (χ4n) is 3.28. The molecular formula is C14H27NOS. The Morgan fingerprint density at radius 2 is 1.76 bits per heavy atom. The number of methoxy groups -OCH3 is 1. The molecule has 1 N–H and O–H groups in total. The largest absolute Gasteiger partial charge is 0.381 e. The Morgan fingerprint density at radius 1 is 1.06 bits per heavy atom. The first kappa shape index (κ1) is 13.7. The van der Waals surface area contributed by atoms with E-state index in [0.29, 0.717) is 6.10 Å². The quantitative estimate of drug-likeness (QED) is 0.817. The number of hydrogen-bond acceptors (Lipinski definition) is 3. The van der Waals surface area contributed by atoms with Crippen molar-refractivity contribution < 1.29 is 4.74 Å². The molecule has 0 saturated heterocycles. The number of hydrogen-bond donors (Lipinski definition) is 1. The van der Waals surface area contributed by atoms with Crippen LogP contribution >= 0.6 is 11.8 Å². The fraction of sp³-hybridized carbons (Fsp3) is 1.00. The number of thioether (sulfide) groups is 1. The van der Waals surface area contributed by atoms with Gasteiger partial charge in [0, 0.05) is 24.4 Å². The first-order valence-electron chi connectivity index (χ1n) is 7.22. The van der Waals surface area contributed by atoms with Crippen LogP contribution in [0.5, 0.6) is 0 Å². The van der Waals surface area contributed by atoms with Gasteiger partial charge in [-0.05, 0) is 50.7 Å². The molecular weight excluding hydrogens is 230 g/mol. The van der Waals surface area contributed by atoms with Crippen LogP contribution < -0.4 is 5.32 Å². The summed E-state index contributed by atoms with van der Waals surface area (Å²) in [5.41, 5.74) is 0. The van der Waals surface area contributed by atoms with Crippen LogP contribution in [0.15, 0.2) is 0 Å². The van der Waals surface area contributed by atoms with E-state index in [2.05, 4.69) is 24.0 Å². The van der Waals surface area contributed by atoms with Gasteiger partial charge in [-0.1, -0.05) is 6.92 Å². The van der Waals surface area contributed by atoms with E-state index in [-0.39, 0.29) is 0 Å². The van der Waals surface area contributed by atoms with Gasteiger partial charge in [-0.2, -0.15) is 11.8 Å². The summed E-state index contributed by atoms with van der Waals surface area (Å²) in [6.07, 6.45) is 9.83. The Hall–Kier alpha value is 0.270. The van der Waals surface area contributed by atoms with Gasteiger partial charge in [-0.25, -0.2) is 0 Å². The molecule has 0 bridgehead atoms. The zero-order valence-electron chi connectivity index (χ0n) is 11.3. The van der Waals surface area contributed by atoms with Crippen molar-refractivity contribution in [2.45, 2.75) is 75.3 Å². The molecule has 2 fully saturated rings. The molecule has 2 atom stereocenters. The summed E-state index contributed by atoms with van der Waals surface area (Å²) in [5.74, 6) is 1.27. The molecule has 0 aliphatic heterocycles. The highest BCUT2D eigenvalue weighted by Crippen LogP contribution is 2.31. The van der Waals surface area contributed by atoms with Gasteiger partial charge in [0.25, 0.3) is 0 Å². The smallest absolute Gasteiger partial charge is 0.0572 e. The SMILES string of the molecule is CCSC1CCC(NC2CCC(OC)CC2)C1. The lowest BCUT2D eigenvalue weighted by molar-refractivity contribution is 0.0612. The molecule has 0 radical (unpaired) electrons. The Kier molecular flexibility index (Phi) is 5.64. The summed E-state index contributed by atoms with van der Waals surface area (Å²) in [7, 11) is 1.85. The van der Waals surface area contributed by atoms with Crippen molar-refractivity contribution in [3.05, 3.63) is 0 Å². The van der Waals surface area contributed by atoms with E-state index in [9.17, 15) is 0 Å². The summed E-state index contributed by atoms with van der Waals surface area (Å²) >= 11 is 2.15. The van der Waals surface area contributed by atoms with E-state index >= 15 is 0 Å². The predicted octanol–water partition coefficient (Wildman–Crippen LogP) is 3.21. The van der Waals surface area contributed by atoms with E-state index in [0.717, 1.165) is 17.3 Å². The molecule has 2 aliphatic rings. The summed E-state index contributed by atoms with van der Waals surface area (Å²) in [6, 6.07) is 1.56. The van der Waals surface area contributed by atoms with Crippen molar-refractivity contribution in [3.8, 4) is 0 Å². The van der Waals surface area contributed by atoms with Crippen LogP contribution in [0.25, 0.3) is 0 Å². The van der Waals surface area contributed by atoms with Crippen LogP contribution in [-0.2, 0) is 4.74 Å². The maximum atomic E-state index is 5.43. The van der Waals surface area contributed by atoms with Crippen LogP contribution in [0.2, 0.25) is 0 Å². The molecule has 0 aromatic carbocycles. The van der Waals surface area contributed by atoms with Crippen molar-refractivity contribution in [1.29, 1.82) is 0 Å². The van der Waals surface area contributed by atoms with E-state index < -0.39 is 0 Å². The van der Waals surface area contributed by atoms with Gasteiger partial charge < -0.3 is 10.1 Å². The van der Waals surface area contributed by atoms with E-state index in [4.69, 9.17) is 4.74 Å². The highest BCUT2D eigenvalue weighted by molar-refractivity contribution is 7.99. The summed E-state index contributed by atoms with van der Waals surface area (Å²) in [4.78, 5) is 0. The summed E-state index contributed by atoms with van der Waals surface area (Å²) in [6.45, 7) is 2.28. The Morgan fingerprint density at radius 3 is 2.41 bits per heavy atom. The lowest BCUT2D eigenvalue weighted by Gasteiger charge is -2.30. The van der Waals surface area contributed by atoms with Gasteiger partial charge in [0.05, 0.1) is 6.10 Å². The van der Waals surface area contributed by atoms with Crippen LogP contribution in [-0.4, -0.2) is 36.3 Å². The molecule has 0 aromatic rings. The minimum Gasteiger partial charge on any atom is -0.381 e. The normalized spacial score (nSPS) is 38.5. The second-order valence-electron chi connectivity index (χ2n) is 5.46. The minimum absolute atomic E-state index is 0.528. The molecule has 2 aliphatic carbocycles. The average Bonchev–Trinajstić information content (AvgIpc) is 2.78. The Balaban J connectivity index is 1.65. The van der Waals surface area contributed by atoms with Gasteiger partial charge in [0.15, 0.2) is 0 Å². The zero-order valence-corrected chi connectivity index (χ0v) is 12.1. The predicted molar refractivity (Wildman–Crippen MR) is 75.7 cm³/mol. The van der Waals surface area contributed by atoms with Gasteiger partial charge in [0.1, 0.15) is 0 Å². The van der Waals surface area contributed by atoms with Crippen molar-refractivity contribution >= 4 is 11.8 Å². The fourth-order valence-corrected chi connectivity index (χ4v) is 4.42. The van der Waals surface area contributed by atoms with Crippen molar-refractivity contribution in [2.75, 3.05) is 12.9 Å². The van der Waals surface area contributed by atoms with Gasteiger partial charge >= 0.3 is 0 Å². The molecule has 0 spiro atoms. The standard InChI is InChI=1S/C14H27NOS/c1-3-17-14-9-6-12(10-14)15-11-4-7-13(16-2)8-5-11/h11-15H,3-10H2,1-2H3. The second kappa shape index (κ2) is 7.01. The third-order valence-corrected chi connectivity index (χ3v) is 5.50. The molecule has 2 unspecified atom stereocenters. The first-order chi connectivity index (χ1) is 8.31. The highest BCUT2D eigenvalue weighted by atomic mass is 32.2. The third-order valence-electron chi connectivity index (χ3n) is 4.27. The summed E-state index contributed by atoms with van der Waals surface area (Å²) in [5, 5.41) is 4.81. The molecule has 0 amide bonds. The van der Waals surface area contributed by atoms with Crippen LogP contribution in [0, 0.1) is 0 Å². The highest BCUT2D eigenvalue weighted by Gasteiger charge is 2.28. The molecule has 2 nitrogen and oxygen atoms in total. The second-order valence-corrected chi connectivity index (χ2v) is 7.04. The van der Waals surface area contributed by atoms with Gasteiger partial charge in [0.2, 0.25) is 0 Å². The monoisotopic (exact) mass is 257 g/mol. The molecule has 100 valence electrons. The molecule has 0 aromatic heterocycles. The van der Waals surface area contributed by atoms with E-state index in [1.807, 2.05) is 7.11 Å². The van der Waals surface area contributed by atoms with Crippen LogP contribution in [0.4, 0.5) is 0 Å².